The highest BCUT2D eigenvalue weighted by atomic mass is 16.5. The minimum absolute atomic E-state index is 0.558. The first-order chi connectivity index (χ1) is 8.40. The van der Waals surface area contributed by atoms with Gasteiger partial charge in [0.25, 0.3) is 0 Å². The molecule has 2 aliphatic carbocycles. The van der Waals surface area contributed by atoms with Crippen LogP contribution in [0.2, 0.25) is 0 Å². The molecule has 2 rings (SSSR count). The molecule has 0 saturated heterocycles. The van der Waals surface area contributed by atoms with E-state index in [-0.39, 0.29) is 0 Å². The summed E-state index contributed by atoms with van der Waals surface area (Å²) >= 11 is 0. The summed E-state index contributed by atoms with van der Waals surface area (Å²) in [5.74, 6) is 0.910. The van der Waals surface area contributed by atoms with E-state index in [2.05, 4.69) is 12.2 Å². The molecule has 0 aromatic heterocycles. The molecule has 0 aromatic rings. The Morgan fingerprint density at radius 1 is 1.06 bits per heavy atom. The van der Waals surface area contributed by atoms with Gasteiger partial charge >= 0.3 is 0 Å². The molecule has 0 aliphatic heterocycles. The number of hydrogen-bond acceptors (Lipinski definition) is 2. The van der Waals surface area contributed by atoms with Crippen LogP contribution in [-0.4, -0.2) is 25.3 Å². The van der Waals surface area contributed by atoms with Crippen LogP contribution in [0, 0.1) is 5.92 Å². The van der Waals surface area contributed by atoms with E-state index in [0.29, 0.717) is 12.1 Å². The molecule has 100 valence electrons. The fourth-order valence-corrected chi connectivity index (χ4v) is 2.84. The fourth-order valence-electron chi connectivity index (χ4n) is 2.84. The van der Waals surface area contributed by atoms with Crippen molar-refractivity contribution in [2.75, 3.05) is 13.2 Å². The zero-order chi connectivity index (χ0) is 11.9. The van der Waals surface area contributed by atoms with Crippen molar-refractivity contribution in [1.82, 2.24) is 5.32 Å². The van der Waals surface area contributed by atoms with Crippen molar-refractivity contribution in [3.05, 3.63) is 0 Å². The van der Waals surface area contributed by atoms with E-state index in [4.69, 9.17) is 4.74 Å². The van der Waals surface area contributed by atoms with E-state index in [1.165, 1.54) is 57.8 Å². The first-order valence-corrected chi connectivity index (χ1v) is 7.75. The molecule has 0 bridgehead atoms. The first-order valence-electron chi connectivity index (χ1n) is 7.75. The summed E-state index contributed by atoms with van der Waals surface area (Å²) in [7, 11) is 0. The summed E-state index contributed by atoms with van der Waals surface area (Å²) in [6, 6.07) is 0.637. The number of hydrogen-bond donors (Lipinski definition) is 1. The molecule has 2 aliphatic rings. The Morgan fingerprint density at radius 3 is 2.35 bits per heavy atom. The lowest BCUT2D eigenvalue weighted by Crippen LogP contribution is -2.37. The third kappa shape index (κ3) is 4.97. The van der Waals surface area contributed by atoms with Gasteiger partial charge in [0.2, 0.25) is 0 Å². The summed E-state index contributed by atoms with van der Waals surface area (Å²) in [6.45, 7) is 4.34. The predicted molar refractivity (Wildman–Crippen MR) is 72.2 cm³/mol. The van der Waals surface area contributed by atoms with Gasteiger partial charge in [-0.05, 0) is 44.6 Å². The Morgan fingerprint density at radius 2 is 1.76 bits per heavy atom. The van der Waals surface area contributed by atoms with E-state index in [1.54, 1.807) is 0 Å². The predicted octanol–water partition coefficient (Wildman–Crippen LogP) is 3.50. The zero-order valence-electron chi connectivity index (χ0n) is 11.4. The first kappa shape index (κ1) is 13.4. The normalized spacial score (nSPS) is 24.5. The summed E-state index contributed by atoms with van der Waals surface area (Å²) < 4.78 is 6.16. The Hall–Kier alpha value is -0.0800. The molecule has 0 amide bonds. The van der Waals surface area contributed by atoms with Gasteiger partial charge in [-0.15, -0.1) is 0 Å². The minimum atomic E-state index is 0.558. The third-order valence-corrected chi connectivity index (χ3v) is 4.16. The molecule has 1 atom stereocenters. The lowest BCUT2D eigenvalue weighted by Gasteiger charge is -2.22. The van der Waals surface area contributed by atoms with Gasteiger partial charge in [0.1, 0.15) is 0 Å². The van der Waals surface area contributed by atoms with E-state index in [9.17, 15) is 0 Å². The van der Waals surface area contributed by atoms with Crippen molar-refractivity contribution in [2.45, 2.75) is 76.9 Å². The molecule has 1 N–H and O–H groups in total. The average molecular weight is 239 g/mol. The molecule has 0 aromatic carbocycles. The average Bonchev–Trinajstić information content (AvgIpc) is 3.16. The van der Waals surface area contributed by atoms with Crippen LogP contribution in [0.3, 0.4) is 0 Å². The van der Waals surface area contributed by atoms with Crippen molar-refractivity contribution < 1.29 is 4.74 Å². The van der Waals surface area contributed by atoms with Gasteiger partial charge in [0.05, 0.1) is 12.7 Å². The van der Waals surface area contributed by atoms with E-state index in [0.717, 1.165) is 19.1 Å². The maximum atomic E-state index is 6.16. The minimum Gasteiger partial charge on any atom is -0.377 e. The van der Waals surface area contributed by atoms with Crippen LogP contribution in [0.5, 0.6) is 0 Å². The molecule has 1 unspecified atom stereocenters. The highest BCUT2D eigenvalue weighted by molar-refractivity contribution is 4.86. The van der Waals surface area contributed by atoms with Crippen molar-refractivity contribution in [2.24, 2.45) is 5.92 Å². The van der Waals surface area contributed by atoms with Gasteiger partial charge in [0.15, 0.2) is 0 Å². The monoisotopic (exact) mass is 239 g/mol. The van der Waals surface area contributed by atoms with E-state index >= 15 is 0 Å². The molecule has 17 heavy (non-hydrogen) atoms. The van der Waals surface area contributed by atoms with Crippen LogP contribution in [0.15, 0.2) is 0 Å². The van der Waals surface area contributed by atoms with Crippen molar-refractivity contribution in [3.63, 3.8) is 0 Å². The highest BCUT2D eigenvalue weighted by Gasteiger charge is 2.31. The maximum absolute atomic E-state index is 6.16. The molecular formula is C15H29NO. The third-order valence-electron chi connectivity index (χ3n) is 4.16. The van der Waals surface area contributed by atoms with E-state index < -0.39 is 0 Å². The quantitative estimate of drug-likeness (QED) is 0.687. The van der Waals surface area contributed by atoms with Crippen LogP contribution in [0.25, 0.3) is 0 Å². The van der Waals surface area contributed by atoms with Crippen molar-refractivity contribution >= 4 is 0 Å². The van der Waals surface area contributed by atoms with Crippen LogP contribution in [-0.2, 0) is 4.74 Å². The van der Waals surface area contributed by atoms with Gasteiger partial charge in [-0.1, -0.05) is 32.6 Å². The van der Waals surface area contributed by atoms with Crippen LogP contribution in [0.4, 0.5) is 0 Å². The van der Waals surface area contributed by atoms with Gasteiger partial charge in [-0.2, -0.15) is 0 Å². The molecular weight excluding hydrogens is 210 g/mol. The fraction of sp³-hybridized carbons (Fsp3) is 1.00. The lowest BCUT2D eigenvalue weighted by molar-refractivity contribution is 0.0257. The van der Waals surface area contributed by atoms with Gasteiger partial charge in [-0.3, -0.25) is 0 Å². The smallest absolute Gasteiger partial charge is 0.0626 e. The van der Waals surface area contributed by atoms with Gasteiger partial charge in [0, 0.05) is 6.04 Å². The summed E-state index contributed by atoms with van der Waals surface area (Å²) in [5.41, 5.74) is 0. The molecule has 0 radical (unpaired) electrons. The molecule has 2 fully saturated rings. The molecule has 2 saturated carbocycles. The second kappa shape index (κ2) is 7.38. The Kier molecular flexibility index (Phi) is 5.79. The Bertz CT molecular complexity index is 195. The van der Waals surface area contributed by atoms with Crippen LogP contribution in [0.1, 0.15) is 64.7 Å². The molecule has 0 spiro atoms. The second-order valence-corrected chi connectivity index (χ2v) is 5.84. The summed E-state index contributed by atoms with van der Waals surface area (Å²) in [6.07, 6.45) is 12.8. The number of ether oxygens (including phenoxy) is 1. The van der Waals surface area contributed by atoms with Crippen molar-refractivity contribution in [3.8, 4) is 0 Å². The maximum Gasteiger partial charge on any atom is 0.0626 e. The van der Waals surface area contributed by atoms with Crippen molar-refractivity contribution in [1.29, 1.82) is 0 Å². The largest absolute Gasteiger partial charge is 0.377 e. The van der Waals surface area contributed by atoms with Crippen LogP contribution >= 0.6 is 0 Å². The van der Waals surface area contributed by atoms with Crippen LogP contribution < -0.4 is 5.32 Å². The number of rotatable bonds is 7. The molecule has 2 heteroatoms. The second-order valence-electron chi connectivity index (χ2n) is 5.84. The topological polar surface area (TPSA) is 21.3 Å². The summed E-state index contributed by atoms with van der Waals surface area (Å²) in [5, 5.41) is 3.66. The summed E-state index contributed by atoms with van der Waals surface area (Å²) in [4.78, 5) is 0. The molecule has 2 nitrogen and oxygen atoms in total. The molecule has 0 heterocycles. The Balaban J connectivity index is 1.66. The van der Waals surface area contributed by atoms with E-state index in [1.807, 2.05) is 0 Å². The van der Waals surface area contributed by atoms with Gasteiger partial charge in [-0.25, -0.2) is 0 Å². The Labute approximate surface area is 107 Å². The SMILES string of the molecule is CCCNC(COC1CCCCCC1)C1CC1. The zero-order valence-corrected chi connectivity index (χ0v) is 11.4. The standard InChI is InChI=1S/C15H29NO/c1-2-11-16-15(13-9-10-13)12-17-14-7-5-3-4-6-8-14/h13-16H,2-12H2,1H3. The highest BCUT2D eigenvalue weighted by Crippen LogP contribution is 2.33. The lowest BCUT2D eigenvalue weighted by atomic mass is 10.1. The van der Waals surface area contributed by atoms with Gasteiger partial charge < -0.3 is 10.1 Å². The number of nitrogens with one attached hydrogen (secondary N) is 1.